The standard InChI is InChI=1S/C11H10F3N3O2.ClH/c12-11(13,14)8-3-1-2-7(6-8)4-5-9(18)19-17-10(15)16;/h1-6H,(H4,15,16,17);1H/b5-4+;. The van der Waals surface area contributed by atoms with E-state index < -0.39 is 23.7 Å². The highest BCUT2D eigenvalue weighted by atomic mass is 35.5. The largest absolute Gasteiger partial charge is 0.416 e. The Hall–Kier alpha value is -2.22. The second kappa shape index (κ2) is 7.39. The third-order valence-corrected chi connectivity index (χ3v) is 1.87. The molecule has 0 unspecified atom stereocenters. The van der Waals surface area contributed by atoms with Crippen LogP contribution in [0.5, 0.6) is 0 Å². The maximum absolute atomic E-state index is 12.4. The molecule has 0 aliphatic heterocycles. The van der Waals surface area contributed by atoms with Crippen molar-refractivity contribution in [2.45, 2.75) is 6.18 Å². The molecule has 0 amide bonds. The summed E-state index contributed by atoms with van der Waals surface area (Å²) in [5.41, 5.74) is 9.21. The lowest BCUT2D eigenvalue weighted by atomic mass is 10.1. The molecule has 4 N–H and O–H groups in total. The van der Waals surface area contributed by atoms with Crippen LogP contribution in [0.15, 0.2) is 35.5 Å². The maximum Gasteiger partial charge on any atom is 0.416 e. The van der Waals surface area contributed by atoms with Gasteiger partial charge in [-0.05, 0) is 28.9 Å². The van der Waals surface area contributed by atoms with E-state index in [-0.39, 0.29) is 18.0 Å². The van der Waals surface area contributed by atoms with Gasteiger partial charge in [-0.15, -0.1) is 12.4 Å². The number of guanidine groups is 1. The molecule has 0 aliphatic carbocycles. The summed E-state index contributed by atoms with van der Waals surface area (Å²) in [6.07, 6.45) is -2.38. The van der Waals surface area contributed by atoms with Gasteiger partial charge in [0.2, 0.25) is 5.96 Å². The maximum atomic E-state index is 12.4. The molecule has 0 heterocycles. The predicted octanol–water partition coefficient (Wildman–Crippen LogP) is 1.87. The topological polar surface area (TPSA) is 90.7 Å². The monoisotopic (exact) mass is 309 g/mol. The van der Waals surface area contributed by atoms with Crippen LogP contribution in [0.25, 0.3) is 6.08 Å². The number of carbonyl (C=O) groups is 1. The van der Waals surface area contributed by atoms with E-state index in [2.05, 4.69) is 9.99 Å². The van der Waals surface area contributed by atoms with Gasteiger partial charge < -0.3 is 16.3 Å². The number of halogens is 4. The minimum absolute atomic E-state index is 0. The highest BCUT2D eigenvalue weighted by Crippen LogP contribution is 2.29. The van der Waals surface area contributed by atoms with E-state index in [1.165, 1.54) is 12.1 Å². The van der Waals surface area contributed by atoms with Crippen LogP contribution in [0.4, 0.5) is 13.2 Å². The quantitative estimate of drug-likeness (QED) is 0.293. The van der Waals surface area contributed by atoms with Crippen molar-refractivity contribution in [3.05, 3.63) is 41.5 Å². The van der Waals surface area contributed by atoms with Gasteiger partial charge in [0.05, 0.1) is 5.56 Å². The second-order valence-electron chi connectivity index (χ2n) is 3.38. The Balaban J connectivity index is 0.00000361. The molecule has 0 radical (unpaired) electrons. The fraction of sp³-hybridized carbons (Fsp3) is 0.0909. The molecule has 1 aromatic rings. The Bertz CT molecular complexity index is 526. The van der Waals surface area contributed by atoms with Gasteiger partial charge in [-0.25, -0.2) is 4.79 Å². The third-order valence-electron chi connectivity index (χ3n) is 1.87. The normalized spacial score (nSPS) is 10.8. The van der Waals surface area contributed by atoms with Gasteiger partial charge in [0.15, 0.2) is 0 Å². The van der Waals surface area contributed by atoms with Gasteiger partial charge in [0, 0.05) is 6.08 Å². The van der Waals surface area contributed by atoms with Gasteiger partial charge in [-0.1, -0.05) is 12.1 Å². The number of hydrogen-bond donors (Lipinski definition) is 2. The van der Waals surface area contributed by atoms with Gasteiger partial charge in [-0.2, -0.15) is 13.2 Å². The van der Waals surface area contributed by atoms with Crippen LogP contribution in [0, 0.1) is 0 Å². The highest BCUT2D eigenvalue weighted by molar-refractivity contribution is 5.87. The summed E-state index contributed by atoms with van der Waals surface area (Å²) >= 11 is 0. The van der Waals surface area contributed by atoms with E-state index in [1.54, 1.807) is 0 Å². The van der Waals surface area contributed by atoms with Crippen LogP contribution < -0.4 is 11.5 Å². The lowest BCUT2D eigenvalue weighted by Gasteiger charge is -2.06. The Morgan fingerprint density at radius 2 is 1.95 bits per heavy atom. The minimum atomic E-state index is -4.44. The van der Waals surface area contributed by atoms with E-state index in [0.29, 0.717) is 0 Å². The number of hydrogen-bond acceptors (Lipinski definition) is 3. The third kappa shape index (κ3) is 6.10. The van der Waals surface area contributed by atoms with Crippen LogP contribution in [0.1, 0.15) is 11.1 Å². The first-order valence-corrected chi connectivity index (χ1v) is 4.94. The SMILES string of the molecule is Cl.NC(N)=NOC(=O)/C=C/c1cccc(C(F)(F)F)c1. The van der Waals surface area contributed by atoms with Crippen LogP contribution in [-0.2, 0) is 15.8 Å². The summed E-state index contributed by atoms with van der Waals surface area (Å²) < 4.78 is 37.2. The van der Waals surface area contributed by atoms with Crippen LogP contribution >= 0.6 is 12.4 Å². The molecule has 1 aromatic carbocycles. The zero-order valence-electron chi connectivity index (χ0n) is 9.92. The van der Waals surface area contributed by atoms with Crippen molar-refractivity contribution in [2.24, 2.45) is 16.6 Å². The van der Waals surface area contributed by atoms with E-state index in [9.17, 15) is 18.0 Å². The van der Waals surface area contributed by atoms with Gasteiger partial charge in [0.1, 0.15) is 0 Å². The van der Waals surface area contributed by atoms with Crippen molar-refractivity contribution < 1.29 is 22.8 Å². The molecule has 5 nitrogen and oxygen atoms in total. The van der Waals surface area contributed by atoms with E-state index >= 15 is 0 Å². The molecule has 0 bridgehead atoms. The fourth-order valence-electron chi connectivity index (χ4n) is 1.11. The Labute approximate surface area is 118 Å². The molecule has 0 aliphatic rings. The summed E-state index contributed by atoms with van der Waals surface area (Å²) in [5, 5.41) is 2.99. The first-order valence-electron chi connectivity index (χ1n) is 4.94. The number of rotatable bonds is 3. The lowest BCUT2D eigenvalue weighted by molar-refractivity contribution is -0.138. The summed E-state index contributed by atoms with van der Waals surface area (Å²) in [6, 6.07) is 4.45. The summed E-state index contributed by atoms with van der Waals surface area (Å²) in [6.45, 7) is 0. The van der Waals surface area contributed by atoms with Gasteiger partial charge in [-0.3, -0.25) is 0 Å². The predicted molar refractivity (Wildman–Crippen MR) is 69.6 cm³/mol. The van der Waals surface area contributed by atoms with Crippen LogP contribution in [0.3, 0.4) is 0 Å². The number of oxime groups is 1. The van der Waals surface area contributed by atoms with Gasteiger partial charge >= 0.3 is 12.1 Å². The van der Waals surface area contributed by atoms with E-state index in [0.717, 1.165) is 24.3 Å². The highest BCUT2D eigenvalue weighted by Gasteiger charge is 2.30. The average molecular weight is 310 g/mol. The van der Waals surface area contributed by atoms with Crippen molar-refractivity contribution in [2.75, 3.05) is 0 Å². The first kappa shape index (κ1) is 17.8. The van der Waals surface area contributed by atoms with Crippen molar-refractivity contribution >= 4 is 30.4 Å². The molecule has 0 fully saturated rings. The van der Waals surface area contributed by atoms with Crippen molar-refractivity contribution in [1.82, 2.24) is 0 Å². The lowest BCUT2D eigenvalue weighted by Crippen LogP contribution is -2.23. The van der Waals surface area contributed by atoms with Crippen molar-refractivity contribution in [3.8, 4) is 0 Å². The van der Waals surface area contributed by atoms with Crippen molar-refractivity contribution in [3.63, 3.8) is 0 Å². The Morgan fingerprint density at radius 1 is 1.30 bits per heavy atom. The Kier molecular flexibility index (Phi) is 6.57. The summed E-state index contributed by atoms with van der Waals surface area (Å²) in [7, 11) is 0. The zero-order valence-corrected chi connectivity index (χ0v) is 10.7. The molecule has 110 valence electrons. The zero-order chi connectivity index (χ0) is 14.5. The number of alkyl halides is 3. The molecule has 0 atom stereocenters. The second-order valence-corrected chi connectivity index (χ2v) is 3.38. The van der Waals surface area contributed by atoms with Crippen molar-refractivity contribution in [1.29, 1.82) is 0 Å². The summed E-state index contributed by atoms with van der Waals surface area (Å²) in [5.74, 6) is -1.35. The minimum Gasteiger partial charge on any atom is -0.367 e. The summed E-state index contributed by atoms with van der Waals surface area (Å²) in [4.78, 5) is 15.3. The molecule has 9 heteroatoms. The fourth-order valence-corrected chi connectivity index (χ4v) is 1.11. The molecule has 1 rings (SSSR count). The smallest absolute Gasteiger partial charge is 0.367 e. The molecule has 0 saturated carbocycles. The molecular formula is C11H11ClF3N3O2. The molecule has 0 spiro atoms. The van der Waals surface area contributed by atoms with Crippen LogP contribution in [-0.4, -0.2) is 11.9 Å². The van der Waals surface area contributed by atoms with Gasteiger partial charge in [0.25, 0.3) is 0 Å². The number of nitrogens with two attached hydrogens (primary N) is 2. The molecule has 0 aromatic heterocycles. The van der Waals surface area contributed by atoms with Crippen LogP contribution in [0.2, 0.25) is 0 Å². The number of carbonyl (C=O) groups excluding carboxylic acids is 1. The Morgan fingerprint density at radius 3 is 2.50 bits per heavy atom. The molecule has 20 heavy (non-hydrogen) atoms. The average Bonchev–Trinajstić information content (AvgIpc) is 2.33. The van der Waals surface area contributed by atoms with E-state index in [4.69, 9.17) is 11.5 Å². The number of nitrogens with zero attached hydrogens (tertiary/aromatic N) is 1. The first-order chi connectivity index (χ1) is 8.79. The van der Waals surface area contributed by atoms with E-state index in [1.807, 2.05) is 0 Å². The molecular weight excluding hydrogens is 299 g/mol. The molecule has 0 saturated heterocycles. The number of benzene rings is 1.